The number of nitrogens with one attached hydrogen (secondary N) is 1. The van der Waals surface area contributed by atoms with Crippen LogP contribution in [-0.4, -0.2) is 22.0 Å². The average Bonchev–Trinajstić information content (AvgIpc) is 2.86. The van der Waals surface area contributed by atoms with Gasteiger partial charge in [-0.2, -0.15) is 11.8 Å². The van der Waals surface area contributed by atoms with Gasteiger partial charge >= 0.3 is 0 Å². The predicted molar refractivity (Wildman–Crippen MR) is 83.5 cm³/mol. The van der Waals surface area contributed by atoms with E-state index in [1.165, 1.54) is 29.5 Å². The molecule has 3 rings (SSSR count). The van der Waals surface area contributed by atoms with Crippen LogP contribution >= 0.6 is 11.8 Å². The van der Waals surface area contributed by atoms with Crippen molar-refractivity contribution in [3.63, 3.8) is 0 Å². The first kappa shape index (κ1) is 12.9. The number of rotatable bonds is 4. The second-order valence-electron chi connectivity index (χ2n) is 5.54. The molecule has 1 aliphatic rings. The molecule has 3 heteroatoms. The quantitative estimate of drug-likeness (QED) is 0.920. The van der Waals surface area contributed by atoms with Crippen molar-refractivity contribution in [2.45, 2.75) is 31.1 Å². The molecule has 19 heavy (non-hydrogen) atoms. The zero-order chi connectivity index (χ0) is 13.1. The first-order valence-corrected chi connectivity index (χ1v) is 7.92. The largest absolute Gasteiger partial charge is 0.311 e. The van der Waals surface area contributed by atoms with Gasteiger partial charge in [-0.15, -0.1) is 0 Å². The van der Waals surface area contributed by atoms with Gasteiger partial charge in [-0.3, -0.25) is 4.98 Å². The Balaban J connectivity index is 1.62. The summed E-state index contributed by atoms with van der Waals surface area (Å²) in [5.74, 6) is 1.32. The minimum Gasteiger partial charge on any atom is -0.311 e. The summed E-state index contributed by atoms with van der Waals surface area (Å²) in [6.45, 7) is 4.42. The monoisotopic (exact) mass is 272 g/mol. The number of hydrogen-bond acceptors (Lipinski definition) is 3. The van der Waals surface area contributed by atoms with Crippen LogP contribution in [0.1, 0.15) is 25.3 Å². The molecule has 1 fully saturated rings. The van der Waals surface area contributed by atoms with E-state index in [-0.39, 0.29) is 0 Å². The Hall–Kier alpha value is -1.06. The zero-order valence-electron chi connectivity index (χ0n) is 11.4. The van der Waals surface area contributed by atoms with Gasteiger partial charge in [0.1, 0.15) is 0 Å². The first-order chi connectivity index (χ1) is 9.25. The van der Waals surface area contributed by atoms with Gasteiger partial charge in [-0.25, -0.2) is 0 Å². The van der Waals surface area contributed by atoms with Crippen LogP contribution in [0.2, 0.25) is 0 Å². The molecular formula is C16H20N2S. The molecule has 1 saturated heterocycles. The van der Waals surface area contributed by atoms with E-state index in [1.807, 2.05) is 12.3 Å². The second kappa shape index (κ2) is 5.51. The van der Waals surface area contributed by atoms with Gasteiger partial charge in [0.25, 0.3) is 0 Å². The van der Waals surface area contributed by atoms with E-state index >= 15 is 0 Å². The van der Waals surface area contributed by atoms with E-state index in [2.05, 4.69) is 53.3 Å². The normalized spacial score (nSPS) is 23.0. The Kier molecular flexibility index (Phi) is 3.76. The molecule has 1 aliphatic heterocycles. The van der Waals surface area contributed by atoms with Crippen LogP contribution in [0.4, 0.5) is 0 Å². The number of benzene rings is 1. The molecule has 0 amide bonds. The topological polar surface area (TPSA) is 24.9 Å². The molecule has 2 nitrogen and oxygen atoms in total. The van der Waals surface area contributed by atoms with Crippen LogP contribution < -0.4 is 5.32 Å². The number of pyridine rings is 1. The number of aromatic nitrogens is 1. The van der Waals surface area contributed by atoms with Crippen LogP contribution in [0.3, 0.4) is 0 Å². The Morgan fingerprint density at radius 3 is 3.16 bits per heavy atom. The molecule has 0 radical (unpaired) electrons. The fraction of sp³-hybridized carbons (Fsp3) is 0.438. The lowest BCUT2D eigenvalue weighted by molar-refractivity contribution is 0.537. The van der Waals surface area contributed by atoms with Crippen LogP contribution in [0.5, 0.6) is 0 Å². The van der Waals surface area contributed by atoms with Gasteiger partial charge in [0.2, 0.25) is 0 Å². The van der Waals surface area contributed by atoms with Crippen molar-refractivity contribution >= 4 is 22.7 Å². The molecule has 100 valence electrons. The molecule has 1 unspecified atom stereocenters. The molecule has 0 bridgehead atoms. The third-order valence-corrected chi connectivity index (χ3v) is 5.33. The maximum Gasteiger partial charge on any atom is 0.0702 e. The van der Waals surface area contributed by atoms with Gasteiger partial charge in [-0.1, -0.05) is 12.1 Å². The van der Waals surface area contributed by atoms with E-state index in [9.17, 15) is 0 Å². The van der Waals surface area contributed by atoms with E-state index in [1.54, 1.807) is 0 Å². The molecule has 0 saturated carbocycles. The van der Waals surface area contributed by atoms with Crippen molar-refractivity contribution in [3.8, 4) is 0 Å². The number of fused-ring (bicyclic) bond motifs is 1. The fourth-order valence-corrected chi connectivity index (χ4v) is 3.96. The molecule has 1 N–H and O–H groups in total. The highest BCUT2D eigenvalue weighted by atomic mass is 32.2. The average molecular weight is 272 g/mol. The van der Waals surface area contributed by atoms with Crippen LogP contribution in [0, 0.1) is 0 Å². The lowest BCUT2D eigenvalue weighted by Gasteiger charge is -2.23. The van der Waals surface area contributed by atoms with Crippen molar-refractivity contribution in [2.24, 2.45) is 0 Å². The molecular weight excluding hydrogens is 252 g/mol. The molecule has 2 heterocycles. The smallest absolute Gasteiger partial charge is 0.0702 e. The summed E-state index contributed by atoms with van der Waals surface area (Å²) < 4.78 is 0.443. The lowest BCUT2D eigenvalue weighted by Crippen LogP contribution is -2.32. The summed E-state index contributed by atoms with van der Waals surface area (Å²) in [5.41, 5.74) is 2.41. The van der Waals surface area contributed by atoms with Crippen molar-refractivity contribution < 1.29 is 0 Å². The first-order valence-electron chi connectivity index (χ1n) is 6.94. The summed E-state index contributed by atoms with van der Waals surface area (Å²) in [6.07, 6.45) is 4.55. The van der Waals surface area contributed by atoms with Gasteiger partial charge < -0.3 is 5.32 Å². The lowest BCUT2D eigenvalue weighted by atomic mass is 10.1. The van der Waals surface area contributed by atoms with Crippen LogP contribution in [0.25, 0.3) is 10.9 Å². The minimum absolute atomic E-state index is 0.443. The van der Waals surface area contributed by atoms with Crippen molar-refractivity contribution in [1.29, 1.82) is 0 Å². The standard InChI is InChI=1S/C16H20N2S/c1-16(7-3-9-19-16)12-17-11-13-5-6-15-14(10-13)4-2-8-18-15/h2,4-6,8,10,17H,3,7,9,11-12H2,1H3. The minimum atomic E-state index is 0.443. The highest BCUT2D eigenvalue weighted by Crippen LogP contribution is 2.36. The van der Waals surface area contributed by atoms with Gasteiger partial charge in [0.05, 0.1) is 5.52 Å². The Bertz CT molecular complexity index is 561. The number of thioether (sulfide) groups is 1. The Morgan fingerprint density at radius 2 is 2.32 bits per heavy atom. The van der Waals surface area contributed by atoms with Crippen LogP contribution in [-0.2, 0) is 6.54 Å². The molecule has 2 aromatic rings. The third-order valence-electron chi connectivity index (χ3n) is 3.80. The molecule has 0 spiro atoms. The van der Waals surface area contributed by atoms with Crippen LogP contribution in [0.15, 0.2) is 36.5 Å². The summed E-state index contributed by atoms with van der Waals surface area (Å²) >= 11 is 2.11. The van der Waals surface area contributed by atoms with Gasteiger partial charge in [-0.05, 0) is 49.3 Å². The second-order valence-corrected chi connectivity index (χ2v) is 7.22. The summed E-state index contributed by atoms with van der Waals surface area (Å²) in [5, 5.41) is 4.83. The maximum absolute atomic E-state index is 4.35. The predicted octanol–water partition coefficient (Wildman–Crippen LogP) is 3.61. The number of hydrogen-bond donors (Lipinski definition) is 1. The molecule has 1 atom stereocenters. The summed E-state index contributed by atoms with van der Waals surface area (Å²) in [7, 11) is 0. The van der Waals surface area contributed by atoms with Gasteiger partial charge in [0.15, 0.2) is 0 Å². The Morgan fingerprint density at radius 1 is 1.37 bits per heavy atom. The van der Waals surface area contributed by atoms with E-state index in [0.29, 0.717) is 4.75 Å². The third kappa shape index (κ3) is 3.10. The van der Waals surface area contributed by atoms with Crippen molar-refractivity contribution in [1.82, 2.24) is 10.3 Å². The molecule has 1 aromatic heterocycles. The fourth-order valence-electron chi connectivity index (χ4n) is 2.68. The zero-order valence-corrected chi connectivity index (χ0v) is 12.2. The summed E-state index contributed by atoms with van der Waals surface area (Å²) in [6, 6.07) is 10.6. The summed E-state index contributed by atoms with van der Waals surface area (Å²) in [4.78, 5) is 4.35. The SMILES string of the molecule is CC1(CNCc2ccc3ncccc3c2)CCCS1. The maximum atomic E-state index is 4.35. The molecule has 0 aliphatic carbocycles. The molecule has 1 aromatic carbocycles. The van der Waals surface area contributed by atoms with E-state index in [0.717, 1.165) is 18.6 Å². The highest BCUT2D eigenvalue weighted by molar-refractivity contribution is 8.00. The Labute approximate surface area is 119 Å². The van der Waals surface area contributed by atoms with Gasteiger partial charge in [0, 0.05) is 29.4 Å². The van der Waals surface area contributed by atoms with E-state index in [4.69, 9.17) is 0 Å². The van der Waals surface area contributed by atoms with Crippen molar-refractivity contribution in [2.75, 3.05) is 12.3 Å². The number of nitrogens with zero attached hydrogens (tertiary/aromatic N) is 1. The highest BCUT2D eigenvalue weighted by Gasteiger charge is 2.28. The van der Waals surface area contributed by atoms with E-state index < -0.39 is 0 Å². The van der Waals surface area contributed by atoms with Crippen molar-refractivity contribution in [3.05, 3.63) is 42.1 Å².